The lowest BCUT2D eigenvalue weighted by Gasteiger charge is -2.04. The van der Waals surface area contributed by atoms with Gasteiger partial charge in [0, 0.05) is 19.2 Å². The second-order valence-corrected chi connectivity index (χ2v) is 3.78. The van der Waals surface area contributed by atoms with Gasteiger partial charge < -0.3 is 4.90 Å². The fourth-order valence-electron chi connectivity index (χ4n) is 1.46. The first-order valence-corrected chi connectivity index (χ1v) is 6.24. The van der Waals surface area contributed by atoms with Gasteiger partial charge >= 0.3 is 0 Å². The fraction of sp³-hybridized carbons (Fsp3) is 0.500. The quantitative estimate of drug-likeness (QED) is 0.628. The standard InChI is InChI=1S/C9H8BNO.C3H8.C2H6/c1-11-5-6-2-3-7(10)4-8(6)9(11)12;1-3-2;1-2/h2-4H,5H2,1H3;3H2,1-2H3;1-2H3. The first-order chi connectivity index (χ1) is 8.10. The number of fused-ring (bicyclic) bond motifs is 1. The van der Waals surface area contributed by atoms with Gasteiger partial charge in [0.1, 0.15) is 7.85 Å². The van der Waals surface area contributed by atoms with Crippen molar-refractivity contribution in [2.24, 2.45) is 0 Å². The van der Waals surface area contributed by atoms with Gasteiger partial charge in [0.15, 0.2) is 0 Å². The van der Waals surface area contributed by atoms with Gasteiger partial charge in [-0.2, -0.15) is 0 Å². The molecule has 3 heteroatoms. The summed E-state index contributed by atoms with van der Waals surface area (Å²) in [7, 11) is 7.36. The van der Waals surface area contributed by atoms with Crippen LogP contribution in [0.2, 0.25) is 0 Å². The Morgan fingerprint density at radius 3 is 2.35 bits per heavy atom. The largest absolute Gasteiger partial charge is 0.337 e. The Kier molecular flexibility index (Phi) is 7.36. The summed E-state index contributed by atoms with van der Waals surface area (Å²) < 4.78 is 0. The molecule has 0 N–H and O–H groups in total. The van der Waals surface area contributed by atoms with Crippen molar-refractivity contribution < 1.29 is 4.79 Å². The first kappa shape index (κ1) is 15.8. The molecular weight excluding hydrogens is 209 g/mol. The van der Waals surface area contributed by atoms with Crippen LogP contribution >= 0.6 is 0 Å². The molecule has 0 saturated heterocycles. The van der Waals surface area contributed by atoms with Crippen LogP contribution in [0.15, 0.2) is 18.2 Å². The van der Waals surface area contributed by atoms with E-state index in [2.05, 4.69) is 13.8 Å². The predicted octanol–water partition coefficient (Wildman–Crippen LogP) is 2.51. The molecule has 0 bridgehead atoms. The number of benzene rings is 1. The maximum Gasteiger partial charge on any atom is 0.254 e. The molecule has 1 aliphatic heterocycles. The van der Waals surface area contributed by atoms with E-state index < -0.39 is 0 Å². The zero-order valence-electron chi connectivity index (χ0n) is 11.6. The van der Waals surface area contributed by atoms with Crippen molar-refractivity contribution in [2.45, 2.75) is 40.7 Å². The van der Waals surface area contributed by atoms with E-state index in [1.54, 1.807) is 18.0 Å². The predicted molar refractivity (Wildman–Crippen MR) is 74.9 cm³/mol. The Bertz CT molecular complexity index is 363. The van der Waals surface area contributed by atoms with Crippen molar-refractivity contribution in [3.63, 3.8) is 0 Å². The van der Waals surface area contributed by atoms with Crippen molar-refractivity contribution in [3.05, 3.63) is 29.3 Å². The van der Waals surface area contributed by atoms with Gasteiger partial charge in [-0.1, -0.05) is 57.8 Å². The van der Waals surface area contributed by atoms with E-state index in [0.717, 1.165) is 11.1 Å². The highest BCUT2D eigenvalue weighted by atomic mass is 16.2. The molecule has 0 aliphatic carbocycles. The zero-order chi connectivity index (χ0) is 13.4. The third-order valence-electron chi connectivity index (χ3n) is 2.12. The SMILES string of the molecule is CC.CCC.[B]c1ccc2c(c1)C(=O)N(C)C2. The third-order valence-corrected chi connectivity index (χ3v) is 2.12. The Balaban J connectivity index is 0.000000450. The molecule has 1 aromatic carbocycles. The minimum atomic E-state index is 0.0669. The Hall–Kier alpha value is -1.25. The number of hydrogen-bond acceptors (Lipinski definition) is 1. The van der Waals surface area contributed by atoms with Crippen LogP contribution in [-0.2, 0) is 6.54 Å². The van der Waals surface area contributed by atoms with E-state index in [0.29, 0.717) is 12.0 Å². The topological polar surface area (TPSA) is 20.3 Å². The summed E-state index contributed by atoms with van der Waals surface area (Å²) in [5.41, 5.74) is 2.46. The number of carbonyl (C=O) groups is 1. The number of rotatable bonds is 0. The van der Waals surface area contributed by atoms with Crippen LogP contribution in [0.1, 0.15) is 50.0 Å². The summed E-state index contributed by atoms with van der Waals surface area (Å²) in [5, 5.41) is 0. The van der Waals surface area contributed by atoms with Crippen LogP contribution < -0.4 is 5.46 Å². The van der Waals surface area contributed by atoms with E-state index in [1.165, 1.54) is 6.42 Å². The maximum absolute atomic E-state index is 11.4. The zero-order valence-corrected chi connectivity index (χ0v) is 11.6. The van der Waals surface area contributed by atoms with Gasteiger partial charge in [-0.15, -0.1) is 0 Å². The van der Waals surface area contributed by atoms with Crippen molar-refractivity contribution in [2.75, 3.05) is 7.05 Å². The summed E-state index contributed by atoms with van der Waals surface area (Å²) in [6, 6.07) is 5.47. The van der Waals surface area contributed by atoms with Gasteiger partial charge in [-0.25, -0.2) is 0 Å². The van der Waals surface area contributed by atoms with Gasteiger partial charge in [0.05, 0.1) is 0 Å². The highest BCUT2D eigenvalue weighted by Gasteiger charge is 2.23. The average molecular weight is 231 g/mol. The molecule has 17 heavy (non-hydrogen) atoms. The van der Waals surface area contributed by atoms with E-state index >= 15 is 0 Å². The molecule has 2 rings (SSSR count). The van der Waals surface area contributed by atoms with E-state index in [-0.39, 0.29) is 5.91 Å². The molecule has 0 unspecified atom stereocenters. The molecule has 1 aromatic rings. The van der Waals surface area contributed by atoms with Crippen LogP contribution in [0.4, 0.5) is 0 Å². The molecule has 0 saturated carbocycles. The first-order valence-electron chi connectivity index (χ1n) is 6.24. The lowest BCUT2D eigenvalue weighted by Crippen LogP contribution is -2.18. The van der Waals surface area contributed by atoms with Gasteiger partial charge in [0.25, 0.3) is 5.91 Å². The molecular formula is C14H22BNO. The fourth-order valence-corrected chi connectivity index (χ4v) is 1.46. The highest BCUT2D eigenvalue weighted by molar-refractivity contribution is 6.32. The molecule has 1 heterocycles. The lowest BCUT2D eigenvalue weighted by molar-refractivity contribution is 0.0816. The molecule has 0 aromatic heterocycles. The summed E-state index contributed by atoms with van der Waals surface area (Å²) in [6.45, 7) is 8.95. The van der Waals surface area contributed by atoms with Crippen LogP contribution in [0.3, 0.4) is 0 Å². The summed E-state index contributed by atoms with van der Waals surface area (Å²) >= 11 is 0. The minimum absolute atomic E-state index is 0.0669. The Morgan fingerprint density at radius 2 is 1.82 bits per heavy atom. The summed E-state index contributed by atoms with van der Waals surface area (Å²) in [5.74, 6) is 0.0669. The van der Waals surface area contributed by atoms with Crippen molar-refractivity contribution in [3.8, 4) is 0 Å². The monoisotopic (exact) mass is 231 g/mol. The molecule has 2 radical (unpaired) electrons. The second kappa shape index (κ2) is 7.94. The summed E-state index contributed by atoms with van der Waals surface area (Å²) in [6.07, 6.45) is 1.25. The second-order valence-electron chi connectivity index (χ2n) is 3.78. The Labute approximate surface area is 106 Å². The number of nitrogens with zero attached hydrogens (tertiary/aromatic N) is 1. The van der Waals surface area contributed by atoms with Gasteiger partial charge in [0.2, 0.25) is 0 Å². The highest BCUT2D eigenvalue weighted by Crippen LogP contribution is 2.19. The maximum atomic E-state index is 11.4. The number of amides is 1. The van der Waals surface area contributed by atoms with E-state index in [1.807, 2.05) is 26.0 Å². The molecule has 1 aliphatic rings. The number of carbonyl (C=O) groups excluding carboxylic acids is 1. The lowest BCUT2D eigenvalue weighted by atomic mass is 9.93. The molecule has 2 nitrogen and oxygen atoms in total. The molecule has 0 atom stereocenters. The molecule has 0 fully saturated rings. The van der Waals surface area contributed by atoms with Crippen LogP contribution in [0.5, 0.6) is 0 Å². The normalized spacial score (nSPS) is 12.1. The van der Waals surface area contributed by atoms with Crippen molar-refractivity contribution in [1.29, 1.82) is 0 Å². The minimum Gasteiger partial charge on any atom is -0.337 e. The van der Waals surface area contributed by atoms with Gasteiger partial charge in [-0.3, -0.25) is 4.79 Å². The van der Waals surface area contributed by atoms with Crippen molar-refractivity contribution in [1.82, 2.24) is 4.90 Å². The van der Waals surface area contributed by atoms with Crippen LogP contribution in [0.25, 0.3) is 0 Å². The van der Waals surface area contributed by atoms with Gasteiger partial charge in [-0.05, 0) is 5.56 Å². The van der Waals surface area contributed by atoms with Crippen LogP contribution in [0, 0.1) is 0 Å². The Morgan fingerprint density at radius 1 is 1.29 bits per heavy atom. The van der Waals surface area contributed by atoms with Crippen molar-refractivity contribution >= 4 is 19.2 Å². The van der Waals surface area contributed by atoms with E-state index in [4.69, 9.17) is 7.85 Å². The van der Waals surface area contributed by atoms with E-state index in [9.17, 15) is 4.79 Å². The molecule has 0 spiro atoms. The number of hydrogen-bond donors (Lipinski definition) is 0. The summed E-state index contributed by atoms with van der Waals surface area (Å²) in [4.78, 5) is 13.1. The molecule has 92 valence electrons. The average Bonchev–Trinajstić information content (AvgIpc) is 2.60. The smallest absolute Gasteiger partial charge is 0.254 e. The van der Waals surface area contributed by atoms with Crippen LogP contribution in [-0.4, -0.2) is 25.7 Å². The third kappa shape index (κ3) is 4.25. The molecule has 1 amide bonds.